The second kappa shape index (κ2) is 6.60. The predicted molar refractivity (Wildman–Crippen MR) is 75.4 cm³/mol. The van der Waals surface area contributed by atoms with Crippen molar-refractivity contribution in [3.63, 3.8) is 0 Å². The molecule has 8 heteroatoms. The lowest BCUT2D eigenvalue weighted by Gasteiger charge is -2.31. The van der Waals surface area contributed by atoms with Crippen molar-refractivity contribution in [3.05, 3.63) is 24.3 Å². The topological polar surface area (TPSA) is 89.2 Å². The SMILES string of the molecule is CC(c1cnccn1)S(=O)(=O)N1CCCC(N)C1.Cl. The van der Waals surface area contributed by atoms with Crippen molar-refractivity contribution < 1.29 is 8.42 Å². The van der Waals surface area contributed by atoms with Crippen molar-refractivity contribution in [2.24, 2.45) is 5.73 Å². The number of rotatable bonds is 3. The van der Waals surface area contributed by atoms with E-state index in [1.165, 1.54) is 22.9 Å². The molecule has 0 aromatic carbocycles. The van der Waals surface area contributed by atoms with Crippen molar-refractivity contribution in [1.82, 2.24) is 14.3 Å². The summed E-state index contributed by atoms with van der Waals surface area (Å²) in [7, 11) is -3.40. The molecule has 0 amide bonds. The van der Waals surface area contributed by atoms with Gasteiger partial charge >= 0.3 is 0 Å². The molecule has 1 aliphatic rings. The Morgan fingerprint density at radius 3 is 2.79 bits per heavy atom. The van der Waals surface area contributed by atoms with Gasteiger partial charge in [-0.3, -0.25) is 9.97 Å². The second-order valence-electron chi connectivity index (χ2n) is 4.58. The van der Waals surface area contributed by atoms with Gasteiger partial charge in [-0.05, 0) is 19.8 Å². The molecule has 0 saturated carbocycles. The van der Waals surface area contributed by atoms with Crippen LogP contribution in [0.15, 0.2) is 18.6 Å². The Bertz CT molecular complexity index is 497. The Morgan fingerprint density at radius 2 is 2.21 bits per heavy atom. The molecule has 2 N–H and O–H groups in total. The summed E-state index contributed by atoms with van der Waals surface area (Å²) in [5.74, 6) is 0. The zero-order valence-corrected chi connectivity index (χ0v) is 12.4. The van der Waals surface area contributed by atoms with Gasteiger partial charge in [0.05, 0.1) is 5.69 Å². The molecule has 2 atom stereocenters. The Balaban J connectivity index is 0.00000180. The summed E-state index contributed by atoms with van der Waals surface area (Å²) in [5, 5.41) is -0.684. The van der Waals surface area contributed by atoms with Crippen LogP contribution in [0.1, 0.15) is 30.7 Å². The highest BCUT2D eigenvalue weighted by Gasteiger charge is 2.33. The average molecular weight is 307 g/mol. The Morgan fingerprint density at radius 1 is 1.47 bits per heavy atom. The van der Waals surface area contributed by atoms with Gasteiger partial charge in [0, 0.05) is 37.7 Å². The second-order valence-corrected chi connectivity index (χ2v) is 6.83. The molecule has 2 heterocycles. The number of aromatic nitrogens is 2. The minimum atomic E-state index is -3.40. The highest BCUT2D eigenvalue weighted by Crippen LogP contribution is 2.25. The van der Waals surface area contributed by atoms with Crippen LogP contribution >= 0.6 is 12.4 Å². The van der Waals surface area contributed by atoms with Gasteiger partial charge < -0.3 is 5.73 Å². The fourth-order valence-electron chi connectivity index (χ4n) is 2.10. The van der Waals surface area contributed by atoms with Gasteiger partial charge in [-0.1, -0.05) is 0 Å². The van der Waals surface area contributed by atoms with E-state index in [2.05, 4.69) is 9.97 Å². The summed E-state index contributed by atoms with van der Waals surface area (Å²) in [4.78, 5) is 7.97. The number of halogens is 1. The van der Waals surface area contributed by atoms with E-state index in [1.807, 2.05) is 0 Å². The van der Waals surface area contributed by atoms with Crippen LogP contribution in [0, 0.1) is 0 Å². The van der Waals surface area contributed by atoms with Crippen molar-refractivity contribution in [2.75, 3.05) is 13.1 Å². The molecule has 0 spiro atoms. The minimum Gasteiger partial charge on any atom is -0.327 e. The van der Waals surface area contributed by atoms with Crippen LogP contribution in [0.25, 0.3) is 0 Å². The Hall–Kier alpha value is -0.760. The van der Waals surface area contributed by atoms with Crippen LogP contribution < -0.4 is 5.73 Å². The van der Waals surface area contributed by atoms with Gasteiger partial charge in [0.15, 0.2) is 0 Å². The van der Waals surface area contributed by atoms with Gasteiger partial charge in [0.2, 0.25) is 10.0 Å². The smallest absolute Gasteiger partial charge is 0.222 e. The summed E-state index contributed by atoms with van der Waals surface area (Å²) in [5.41, 5.74) is 6.30. The molecule has 1 aromatic rings. The molecule has 108 valence electrons. The standard InChI is InChI=1S/C11H18N4O2S.ClH/c1-9(11-7-13-4-5-14-11)18(16,17)15-6-2-3-10(12)8-15;/h4-5,7,9-10H,2-3,6,8,12H2,1H3;1H. The van der Waals surface area contributed by atoms with Crippen molar-refractivity contribution >= 4 is 22.4 Å². The van der Waals surface area contributed by atoms with Crippen LogP contribution in [0.3, 0.4) is 0 Å². The zero-order valence-electron chi connectivity index (χ0n) is 10.8. The maximum absolute atomic E-state index is 12.4. The molecule has 1 aliphatic heterocycles. The molecule has 19 heavy (non-hydrogen) atoms. The van der Waals surface area contributed by atoms with E-state index in [0.29, 0.717) is 18.8 Å². The fraction of sp³-hybridized carbons (Fsp3) is 0.636. The fourth-order valence-corrected chi connectivity index (χ4v) is 3.76. The van der Waals surface area contributed by atoms with E-state index in [0.717, 1.165) is 12.8 Å². The predicted octanol–water partition coefficient (Wildman–Crippen LogP) is 0.712. The molecular formula is C11H19ClN4O2S. The summed E-state index contributed by atoms with van der Waals surface area (Å²) < 4.78 is 26.3. The minimum absolute atomic E-state index is 0. The molecular weight excluding hydrogens is 288 g/mol. The first-order valence-electron chi connectivity index (χ1n) is 6.02. The Labute approximate surface area is 119 Å². The average Bonchev–Trinajstić information content (AvgIpc) is 2.39. The van der Waals surface area contributed by atoms with Crippen LogP contribution in [-0.2, 0) is 10.0 Å². The quantitative estimate of drug-likeness (QED) is 0.888. The molecule has 0 aliphatic carbocycles. The zero-order chi connectivity index (χ0) is 13.2. The number of sulfonamides is 1. The third-order valence-corrected chi connectivity index (χ3v) is 5.41. The lowest BCUT2D eigenvalue weighted by atomic mass is 10.1. The van der Waals surface area contributed by atoms with E-state index in [9.17, 15) is 8.42 Å². The lowest BCUT2D eigenvalue weighted by Crippen LogP contribution is -2.46. The first-order chi connectivity index (χ1) is 8.51. The summed E-state index contributed by atoms with van der Waals surface area (Å²) in [6, 6.07) is -0.0671. The number of nitrogens with two attached hydrogens (primary N) is 1. The molecule has 1 aromatic heterocycles. The molecule has 2 unspecified atom stereocenters. The molecule has 0 bridgehead atoms. The number of nitrogens with zero attached hydrogens (tertiary/aromatic N) is 3. The molecule has 2 rings (SSSR count). The third-order valence-electron chi connectivity index (χ3n) is 3.23. The molecule has 1 saturated heterocycles. The monoisotopic (exact) mass is 306 g/mol. The highest BCUT2D eigenvalue weighted by molar-refractivity contribution is 7.89. The normalized spacial score (nSPS) is 22.5. The van der Waals surface area contributed by atoms with Crippen molar-refractivity contribution in [2.45, 2.75) is 31.1 Å². The van der Waals surface area contributed by atoms with E-state index in [1.54, 1.807) is 6.92 Å². The summed E-state index contributed by atoms with van der Waals surface area (Å²) >= 11 is 0. The highest BCUT2D eigenvalue weighted by atomic mass is 35.5. The van der Waals surface area contributed by atoms with Crippen molar-refractivity contribution in [3.8, 4) is 0 Å². The third kappa shape index (κ3) is 3.62. The van der Waals surface area contributed by atoms with Gasteiger partial charge in [-0.2, -0.15) is 4.31 Å². The van der Waals surface area contributed by atoms with E-state index in [4.69, 9.17) is 5.73 Å². The summed E-state index contributed by atoms with van der Waals surface area (Å²) in [6.07, 6.45) is 6.22. The first-order valence-corrected chi connectivity index (χ1v) is 7.52. The van der Waals surface area contributed by atoms with Gasteiger partial charge in [0.25, 0.3) is 0 Å². The largest absolute Gasteiger partial charge is 0.327 e. The van der Waals surface area contributed by atoms with Crippen LogP contribution in [-0.4, -0.2) is 41.8 Å². The molecule has 0 radical (unpaired) electrons. The van der Waals surface area contributed by atoms with Crippen molar-refractivity contribution in [1.29, 1.82) is 0 Å². The molecule has 1 fully saturated rings. The number of piperidine rings is 1. The van der Waals surface area contributed by atoms with E-state index in [-0.39, 0.29) is 18.4 Å². The first kappa shape index (κ1) is 16.3. The van der Waals surface area contributed by atoms with Gasteiger partial charge in [-0.25, -0.2) is 8.42 Å². The van der Waals surface area contributed by atoms with Crippen LogP contribution in [0.4, 0.5) is 0 Å². The van der Waals surface area contributed by atoms with E-state index < -0.39 is 15.3 Å². The van der Waals surface area contributed by atoms with Gasteiger partial charge in [0.1, 0.15) is 5.25 Å². The summed E-state index contributed by atoms with van der Waals surface area (Å²) in [6.45, 7) is 2.58. The number of hydrogen-bond donors (Lipinski definition) is 1. The van der Waals surface area contributed by atoms with Crippen LogP contribution in [0.2, 0.25) is 0 Å². The van der Waals surface area contributed by atoms with E-state index >= 15 is 0 Å². The lowest BCUT2D eigenvalue weighted by molar-refractivity contribution is 0.313. The molecule has 6 nitrogen and oxygen atoms in total. The maximum atomic E-state index is 12.4. The maximum Gasteiger partial charge on any atom is 0.222 e. The number of hydrogen-bond acceptors (Lipinski definition) is 5. The Kier molecular flexibility index (Phi) is 5.66. The van der Waals surface area contributed by atoms with Crippen LogP contribution in [0.5, 0.6) is 0 Å². The van der Waals surface area contributed by atoms with Gasteiger partial charge in [-0.15, -0.1) is 12.4 Å².